The van der Waals surface area contributed by atoms with Crippen LogP contribution >= 0.6 is 11.3 Å². The van der Waals surface area contributed by atoms with Gasteiger partial charge in [0.1, 0.15) is 0 Å². The number of rotatable bonds is 6. The molecule has 3 heteroatoms. The summed E-state index contributed by atoms with van der Waals surface area (Å²) in [6, 6.07) is 21.0. The lowest BCUT2D eigenvalue weighted by Gasteiger charge is -2.03. The molecule has 0 aliphatic carbocycles. The number of nitrogens with one attached hydrogen (secondary N) is 1. The summed E-state index contributed by atoms with van der Waals surface area (Å²) in [5.41, 5.74) is 3.68. The highest BCUT2D eigenvalue weighted by Crippen LogP contribution is 2.30. The van der Waals surface area contributed by atoms with Crippen molar-refractivity contribution in [1.82, 2.24) is 4.98 Å². The van der Waals surface area contributed by atoms with Crippen molar-refractivity contribution in [1.29, 1.82) is 0 Å². The Balaban J connectivity index is 1.55. The monoisotopic (exact) mass is 308 g/mol. The van der Waals surface area contributed by atoms with Crippen LogP contribution in [0.15, 0.2) is 60.7 Å². The van der Waals surface area contributed by atoms with E-state index in [1.807, 2.05) is 6.07 Å². The Labute approximate surface area is 135 Å². The quantitative estimate of drug-likeness (QED) is 0.636. The van der Waals surface area contributed by atoms with Crippen LogP contribution in [0.5, 0.6) is 0 Å². The van der Waals surface area contributed by atoms with Gasteiger partial charge in [0.2, 0.25) is 0 Å². The minimum Gasteiger partial charge on any atom is -0.361 e. The molecular weight excluding hydrogens is 288 g/mol. The standard InChI is InChI=1S/C19H20N2S/c1-15-18(17-12-6-3-7-13-17)21-19(22-15)20-14-8-11-16-9-4-2-5-10-16/h2-7,9-10,12-13H,8,11,14H2,1H3,(H,20,21). The molecule has 1 N–H and O–H groups in total. The topological polar surface area (TPSA) is 24.9 Å². The van der Waals surface area contributed by atoms with Gasteiger partial charge in [0.15, 0.2) is 5.13 Å². The Morgan fingerprint density at radius 1 is 0.955 bits per heavy atom. The molecule has 0 amide bonds. The summed E-state index contributed by atoms with van der Waals surface area (Å²) in [5.74, 6) is 0. The third-order valence-electron chi connectivity index (χ3n) is 3.61. The van der Waals surface area contributed by atoms with E-state index in [1.165, 1.54) is 16.0 Å². The molecule has 0 radical (unpaired) electrons. The van der Waals surface area contributed by atoms with Crippen LogP contribution in [0, 0.1) is 6.92 Å². The van der Waals surface area contributed by atoms with Crippen molar-refractivity contribution < 1.29 is 0 Å². The number of thiazole rings is 1. The lowest BCUT2D eigenvalue weighted by Crippen LogP contribution is -2.02. The van der Waals surface area contributed by atoms with E-state index in [4.69, 9.17) is 4.98 Å². The molecule has 112 valence electrons. The van der Waals surface area contributed by atoms with Crippen molar-refractivity contribution >= 4 is 16.5 Å². The van der Waals surface area contributed by atoms with Gasteiger partial charge >= 0.3 is 0 Å². The van der Waals surface area contributed by atoms with Crippen molar-refractivity contribution in [2.45, 2.75) is 19.8 Å². The van der Waals surface area contributed by atoms with Crippen LogP contribution in [-0.2, 0) is 6.42 Å². The molecule has 0 spiro atoms. The molecular formula is C19H20N2S. The average molecular weight is 308 g/mol. The summed E-state index contributed by atoms with van der Waals surface area (Å²) in [6.45, 7) is 3.09. The molecule has 0 atom stereocenters. The third kappa shape index (κ3) is 3.74. The van der Waals surface area contributed by atoms with Gasteiger partial charge in [0.25, 0.3) is 0 Å². The molecule has 22 heavy (non-hydrogen) atoms. The van der Waals surface area contributed by atoms with Gasteiger partial charge in [-0.3, -0.25) is 0 Å². The van der Waals surface area contributed by atoms with Gasteiger partial charge in [-0.1, -0.05) is 60.7 Å². The van der Waals surface area contributed by atoms with E-state index in [-0.39, 0.29) is 0 Å². The van der Waals surface area contributed by atoms with Crippen molar-refractivity contribution in [3.8, 4) is 11.3 Å². The smallest absolute Gasteiger partial charge is 0.183 e. The molecule has 2 aromatic carbocycles. The molecule has 0 aliphatic heterocycles. The van der Waals surface area contributed by atoms with E-state index in [1.54, 1.807) is 11.3 Å². The van der Waals surface area contributed by atoms with Crippen LogP contribution < -0.4 is 5.32 Å². The Morgan fingerprint density at radius 3 is 2.36 bits per heavy atom. The molecule has 0 bridgehead atoms. The van der Waals surface area contributed by atoms with E-state index in [0.29, 0.717) is 0 Å². The van der Waals surface area contributed by atoms with Crippen LogP contribution in [0.4, 0.5) is 5.13 Å². The number of hydrogen-bond donors (Lipinski definition) is 1. The fraction of sp³-hybridized carbons (Fsp3) is 0.211. The number of benzene rings is 2. The number of nitrogens with zero attached hydrogens (tertiary/aromatic N) is 1. The van der Waals surface area contributed by atoms with Crippen molar-refractivity contribution in [3.63, 3.8) is 0 Å². The summed E-state index contributed by atoms with van der Waals surface area (Å²) >= 11 is 1.73. The SMILES string of the molecule is Cc1sc(NCCCc2ccccc2)nc1-c1ccccc1. The maximum atomic E-state index is 4.73. The highest BCUT2D eigenvalue weighted by atomic mass is 32.1. The average Bonchev–Trinajstić information content (AvgIpc) is 2.94. The Hall–Kier alpha value is -2.13. The zero-order valence-corrected chi connectivity index (χ0v) is 13.6. The number of aryl methyl sites for hydroxylation is 2. The summed E-state index contributed by atoms with van der Waals surface area (Å²) in [6.07, 6.45) is 2.22. The highest BCUT2D eigenvalue weighted by Gasteiger charge is 2.08. The summed E-state index contributed by atoms with van der Waals surface area (Å²) < 4.78 is 0. The largest absolute Gasteiger partial charge is 0.361 e. The fourth-order valence-corrected chi connectivity index (χ4v) is 3.33. The predicted octanol–water partition coefficient (Wildman–Crippen LogP) is 5.16. The van der Waals surface area contributed by atoms with Gasteiger partial charge in [-0.25, -0.2) is 4.98 Å². The second kappa shape index (κ2) is 7.23. The zero-order chi connectivity index (χ0) is 15.2. The molecule has 0 aliphatic rings. The van der Waals surface area contributed by atoms with Crippen LogP contribution in [0.3, 0.4) is 0 Å². The van der Waals surface area contributed by atoms with Crippen molar-refractivity contribution in [2.75, 3.05) is 11.9 Å². The fourth-order valence-electron chi connectivity index (χ4n) is 2.47. The first-order valence-corrected chi connectivity index (χ1v) is 8.45. The van der Waals surface area contributed by atoms with E-state index in [9.17, 15) is 0 Å². The van der Waals surface area contributed by atoms with Crippen molar-refractivity contribution in [3.05, 3.63) is 71.1 Å². The molecule has 1 heterocycles. The Morgan fingerprint density at radius 2 is 1.64 bits per heavy atom. The molecule has 0 fully saturated rings. The number of aromatic nitrogens is 1. The van der Waals surface area contributed by atoms with E-state index in [2.05, 4.69) is 66.8 Å². The second-order valence-corrected chi connectivity index (χ2v) is 6.51. The minimum atomic E-state index is 0.954. The van der Waals surface area contributed by atoms with Gasteiger partial charge in [-0.2, -0.15) is 0 Å². The van der Waals surface area contributed by atoms with Gasteiger partial charge in [-0.05, 0) is 25.3 Å². The second-order valence-electron chi connectivity index (χ2n) is 5.31. The lowest BCUT2D eigenvalue weighted by molar-refractivity contribution is 0.862. The molecule has 3 aromatic rings. The summed E-state index contributed by atoms with van der Waals surface area (Å²) in [5, 5.41) is 4.47. The lowest BCUT2D eigenvalue weighted by atomic mass is 10.1. The Kier molecular flexibility index (Phi) is 4.86. The predicted molar refractivity (Wildman–Crippen MR) is 95.5 cm³/mol. The molecule has 0 saturated heterocycles. The molecule has 0 unspecified atom stereocenters. The maximum Gasteiger partial charge on any atom is 0.183 e. The molecule has 0 saturated carbocycles. The number of anilines is 1. The van der Waals surface area contributed by atoms with Gasteiger partial charge in [0, 0.05) is 17.0 Å². The normalized spacial score (nSPS) is 10.6. The van der Waals surface area contributed by atoms with E-state index < -0.39 is 0 Å². The Bertz CT molecular complexity index is 705. The zero-order valence-electron chi connectivity index (χ0n) is 12.8. The van der Waals surface area contributed by atoms with Gasteiger partial charge < -0.3 is 5.32 Å². The summed E-state index contributed by atoms with van der Waals surface area (Å²) in [4.78, 5) is 5.99. The van der Waals surface area contributed by atoms with Crippen LogP contribution in [0.25, 0.3) is 11.3 Å². The van der Waals surface area contributed by atoms with E-state index in [0.717, 1.165) is 30.2 Å². The first-order chi connectivity index (χ1) is 10.8. The van der Waals surface area contributed by atoms with Crippen LogP contribution in [0.2, 0.25) is 0 Å². The van der Waals surface area contributed by atoms with Gasteiger partial charge in [0.05, 0.1) is 5.69 Å². The van der Waals surface area contributed by atoms with E-state index >= 15 is 0 Å². The summed E-state index contributed by atoms with van der Waals surface area (Å²) in [7, 11) is 0. The first kappa shape index (κ1) is 14.8. The highest BCUT2D eigenvalue weighted by molar-refractivity contribution is 7.16. The molecule has 1 aromatic heterocycles. The number of hydrogen-bond acceptors (Lipinski definition) is 3. The molecule has 2 nitrogen and oxygen atoms in total. The van der Waals surface area contributed by atoms with Crippen LogP contribution in [-0.4, -0.2) is 11.5 Å². The van der Waals surface area contributed by atoms with Crippen LogP contribution in [0.1, 0.15) is 16.9 Å². The first-order valence-electron chi connectivity index (χ1n) is 7.63. The van der Waals surface area contributed by atoms with Gasteiger partial charge in [-0.15, -0.1) is 11.3 Å². The third-order valence-corrected chi connectivity index (χ3v) is 4.53. The molecule has 3 rings (SSSR count). The minimum absolute atomic E-state index is 0.954. The maximum absolute atomic E-state index is 4.73. The van der Waals surface area contributed by atoms with Crippen molar-refractivity contribution in [2.24, 2.45) is 0 Å².